The summed E-state index contributed by atoms with van der Waals surface area (Å²) in [7, 11) is 0. The Labute approximate surface area is 114 Å². The third kappa shape index (κ3) is 3.39. The summed E-state index contributed by atoms with van der Waals surface area (Å²) in [6, 6.07) is 0. The van der Waals surface area contributed by atoms with Crippen LogP contribution in [0.25, 0.3) is 0 Å². The maximum atomic E-state index is 12.0. The molecule has 2 saturated heterocycles. The minimum absolute atomic E-state index is 0.0588. The van der Waals surface area contributed by atoms with Crippen molar-refractivity contribution in [2.45, 2.75) is 51.7 Å². The SMILES string of the molecule is CC(C)(C)OC(=O)N1CCC2(CCOCC2O)CC1. The summed E-state index contributed by atoms with van der Waals surface area (Å²) in [6.07, 6.45) is 1.90. The van der Waals surface area contributed by atoms with Gasteiger partial charge in [-0.25, -0.2) is 4.79 Å². The van der Waals surface area contributed by atoms with E-state index >= 15 is 0 Å². The Bertz CT molecular complexity index is 329. The minimum Gasteiger partial charge on any atom is -0.444 e. The smallest absolute Gasteiger partial charge is 0.410 e. The number of ether oxygens (including phenoxy) is 2. The molecule has 2 heterocycles. The standard InChI is InChI=1S/C14H25NO4/c1-13(2,3)19-12(17)15-7-4-14(5-8-15)6-9-18-10-11(14)16/h11,16H,4-10H2,1-3H3. The molecule has 0 saturated carbocycles. The highest BCUT2D eigenvalue weighted by Crippen LogP contribution is 2.41. The molecule has 1 amide bonds. The molecule has 0 radical (unpaired) electrons. The summed E-state index contributed by atoms with van der Waals surface area (Å²) < 4.78 is 10.7. The van der Waals surface area contributed by atoms with Crippen LogP contribution in [0.1, 0.15) is 40.0 Å². The number of nitrogens with zero attached hydrogens (tertiary/aromatic N) is 1. The van der Waals surface area contributed by atoms with E-state index in [1.165, 1.54) is 0 Å². The van der Waals surface area contributed by atoms with Crippen LogP contribution in [0.15, 0.2) is 0 Å². The molecule has 19 heavy (non-hydrogen) atoms. The Kier molecular flexibility index (Phi) is 4.06. The van der Waals surface area contributed by atoms with Crippen molar-refractivity contribution >= 4 is 6.09 Å². The first-order valence-corrected chi connectivity index (χ1v) is 7.06. The van der Waals surface area contributed by atoms with E-state index in [-0.39, 0.29) is 11.5 Å². The number of aliphatic hydroxyl groups excluding tert-OH is 1. The highest BCUT2D eigenvalue weighted by molar-refractivity contribution is 5.68. The number of aliphatic hydroxyl groups is 1. The number of rotatable bonds is 0. The minimum atomic E-state index is -0.454. The zero-order valence-corrected chi connectivity index (χ0v) is 12.1. The first-order valence-electron chi connectivity index (χ1n) is 7.06. The first-order chi connectivity index (χ1) is 8.82. The number of carbonyl (C=O) groups excluding carboxylic acids is 1. The quantitative estimate of drug-likeness (QED) is 0.729. The summed E-state index contributed by atoms with van der Waals surface area (Å²) in [4.78, 5) is 13.7. The van der Waals surface area contributed by atoms with Crippen molar-refractivity contribution in [3.8, 4) is 0 Å². The molecule has 0 aromatic heterocycles. The van der Waals surface area contributed by atoms with Gasteiger partial charge < -0.3 is 19.5 Å². The molecular weight excluding hydrogens is 246 g/mol. The van der Waals surface area contributed by atoms with Crippen molar-refractivity contribution in [3.63, 3.8) is 0 Å². The van der Waals surface area contributed by atoms with E-state index in [1.807, 2.05) is 20.8 Å². The zero-order valence-electron chi connectivity index (χ0n) is 12.1. The molecule has 1 spiro atoms. The van der Waals surface area contributed by atoms with Crippen LogP contribution in [0.2, 0.25) is 0 Å². The van der Waals surface area contributed by atoms with E-state index < -0.39 is 11.7 Å². The summed E-state index contributed by atoms with van der Waals surface area (Å²) in [5.41, 5.74) is -0.513. The molecule has 5 heteroatoms. The van der Waals surface area contributed by atoms with Gasteiger partial charge in [-0.15, -0.1) is 0 Å². The van der Waals surface area contributed by atoms with Crippen LogP contribution >= 0.6 is 0 Å². The highest BCUT2D eigenvalue weighted by atomic mass is 16.6. The molecule has 1 unspecified atom stereocenters. The second-order valence-electron chi connectivity index (χ2n) is 6.67. The normalized spacial score (nSPS) is 27.4. The highest BCUT2D eigenvalue weighted by Gasteiger charge is 2.43. The Balaban J connectivity index is 1.90. The summed E-state index contributed by atoms with van der Waals surface area (Å²) in [5, 5.41) is 10.1. The zero-order chi connectivity index (χ0) is 14.1. The van der Waals surface area contributed by atoms with E-state index in [9.17, 15) is 9.90 Å². The predicted molar refractivity (Wildman–Crippen MR) is 70.9 cm³/mol. The van der Waals surface area contributed by atoms with Crippen molar-refractivity contribution in [2.24, 2.45) is 5.41 Å². The van der Waals surface area contributed by atoms with Crippen molar-refractivity contribution in [2.75, 3.05) is 26.3 Å². The lowest BCUT2D eigenvalue weighted by Gasteiger charge is -2.46. The molecule has 1 atom stereocenters. The van der Waals surface area contributed by atoms with Crippen LogP contribution in [0, 0.1) is 5.41 Å². The fourth-order valence-corrected chi connectivity index (χ4v) is 2.86. The van der Waals surface area contributed by atoms with Crippen LogP contribution in [-0.2, 0) is 9.47 Å². The van der Waals surface area contributed by atoms with Gasteiger partial charge in [0.25, 0.3) is 0 Å². The van der Waals surface area contributed by atoms with Gasteiger partial charge in [-0.1, -0.05) is 0 Å². The molecule has 0 aromatic carbocycles. The molecule has 5 nitrogen and oxygen atoms in total. The third-order valence-corrected chi connectivity index (χ3v) is 4.14. The number of hydrogen-bond acceptors (Lipinski definition) is 4. The van der Waals surface area contributed by atoms with E-state index in [0.717, 1.165) is 19.3 Å². The molecule has 2 rings (SSSR count). The van der Waals surface area contributed by atoms with Gasteiger partial charge in [0.2, 0.25) is 0 Å². The monoisotopic (exact) mass is 271 g/mol. The predicted octanol–water partition coefficient (Wildman–Crippen LogP) is 1.78. The van der Waals surface area contributed by atoms with Gasteiger partial charge in [0, 0.05) is 25.1 Å². The Morgan fingerprint density at radius 2 is 1.95 bits per heavy atom. The van der Waals surface area contributed by atoms with Gasteiger partial charge in [-0.05, 0) is 40.0 Å². The van der Waals surface area contributed by atoms with Crippen molar-refractivity contribution in [1.29, 1.82) is 0 Å². The van der Waals surface area contributed by atoms with Crippen LogP contribution in [0.4, 0.5) is 4.79 Å². The average molecular weight is 271 g/mol. The van der Waals surface area contributed by atoms with Gasteiger partial charge in [0.05, 0.1) is 12.7 Å². The number of hydrogen-bond donors (Lipinski definition) is 1. The second kappa shape index (κ2) is 5.29. The molecule has 0 aliphatic carbocycles. The Hall–Kier alpha value is -0.810. The van der Waals surface area contributed by atoms with E-state index in [2.05, 4.69) is 0 Å². The number of amides is 1. The topological polar surface area (TPSA) is 59.0 Å². The average Bonchev–Trinajstić information content (AvgIpc) is 2.32. The van der Waals surface area contributed by atoms with Crippen molar-refractivity contribution < 1.29 is 19.4 Å². The van der Waals surface area contributed by atoms with Gasteiger partial charge in [-0.2, -0.15) is 0 Å². The van der Waals surface area contributed by atoms with Crippen LogP contribution < -0.4 is 0 Å². The lowest BCUT2D eigenvalue weighted by Crippen LogP contribution is -2.52. The van der Waals surface area contributed by atoms with E-state index in [1.54, 1.807) is 4.90 Å². The largest absolute Gasteiger partial charge is 0.444 e. The summed E-state index contributed by atoms with van der Waals surface area (Å²) in [5.74, 6) is 0. The molecule has 2 fully saturated rings. The maximum Gasteiger partial charge on any atom is 0.410 e. The fraction of sp³-hybridized carbons (Fsp3) is 0.929. The van der Waals surface area contributed by atoms with Crippen LogP contribution in [0.3, 0.4) is 0 Å². The Morgan fingerprint density at radius 1 is 1.32 bits per heavy atom. The van der Waals surface area contributed by atoms with Crippen LogP contribution in [-0.4, -0.2) is 54.1 Å². The number of piperidine rings is 1. The Morgan fingerprint density at radius 3 is 2.47 bits per heavy atom. The molecular formula is C14H25NO4. The summed E-state index contributed by atoms with van der Waals surface area (Å²) >= 11 is 0. The summed E-state index contributed by atoms with van der Waals surface area (Å²) in [6.45, 7) is 8.07. The van der Waals surface area contributed by atoms with E-state index in [0.29, 0.717) is 26.3 Å². The molecule has 2 aliphatic heterocycles. The van der Waals surface area contributed by atoms with Crippen LogP contribution in [0.5, 0.6) is 0 Å². The molecule has 1 N–H and O–H groups in total. The van der Waals surface area contributed by atoms with Crippen molar-refractivity contribution in [1.82, 2.24) is 4.90 Å². The number of carbonyl (C=O) groups is 1. The van der Waals surface area contributed by atoms with Gasteiger partial charge >= 0.3 is 6.09 Å². The lowest BCUT2D eigenvalue weighted by atomic mass is 9.71. The number of likely N-dealkylation sites (tertiary alicyclic amines) is 1. The molecule has 110 valence electrons. The van der Waals surface area contributed by atoms with Gasteiger partial charge in [-0.3, -0.25) is 0 Å². The maximum absolute atomic E-state index is 12.0. The molecule has 0 bridgehead atoms. The molecule has 2 aliphatic rings. The lowest BCUT2D eigenvalue weighted by molar-refractivity contribution is -0.119. The van der Waals surface area contributed by atoms with Crippen molar-refractivity contribution in [3.05, 3.63) is 0 Å². The van der Waals surface area contributed by atoms with Gasteiger partial charge in [0.1, 0.15) is 5.60 Å². The second-order valence-corrected chi connectivity index (χ2v) is 6.67. The fourth-order valence-electron chi connectivity index (χ4n) is 2.86. The van der Waals surface area contributed by atoms with E-state index in [4.69, 9.17) is 9.47 Å². The molecule has 0 aromatic rings. The van der Waals surface area contributed by atoms with Gasteiger partial charge in [0.15, 0.2) is 0 Å². The first kappa shape index (κ1) is 14.6. The third-order valence-electron chi connectivity index (χ3n) is 4.14.